The minimum Gasteiger partial charge on any atom is -0.445 e. The van der Waals surface area contributed by atoms with Gasteiger partial charge in [-0.3, -0.25) is 9.78 Å². The number of carbonyl (C=O) groups excluding carboxylic acids is 2. The van der Waals surface area contributed by atoms with Crippen LogP contribution in [0.1, 0.15) is 27.0 Å². The molecule has 29 heavy (non-hydrogen) atoms. The minimum absolute atomic E-state index is 0.166. The first-order valence-corrected chi connectivity index (χ1v) is 9.77. The zero-order valence-electron chi connectivity index (χ0n) is 15.8. The lowest BCUT2D eigenvalue weighted by molar-refractivity contribution is 0.102. The second-order valence-electron chi connectivity index (χ2n) is 6.38. The van der Waals surface area contributed by atoms with E-state index in [0.717, 1.165) is 21.2 Å². The fourth-order valence-electron chi connectivity index (χ4n) is 2.58. The second kappa shape index (κ2) is 9.84. The van der Waals surface area contributed by atoms with Crippen molar-refractivity contribution >= 4 is 33.6 Å². The van der Waals surface area contributed by atoms with Gasteiger partial charge in [-0.05, 0) is 58.2 Å². The molecule has 0 spiro atoms. The van der Waals surface area contributed by atoms with E-state index in [-0.39, 0.29) is 12.5 Å². The van der Waals surface area contributed by atoms with Gasteiger partial charge in [0.1, 0.15) is 6.61 Å². The lowest BCUT2D eigenvalue weighted by Crippen LogP contribution is -2.23. The molecule has 0 atom stereocenters. The average molecular weight is 454 g/mol. The Labute approximate surface area is 177 Å². The van der Waals surface area contributed by atoms with Crippen LogP contribution in [0.3, 0.4) is 0 Å². The number of pyridine rings is 1. The number of hydrogen-bond acceptors (Lipinski definition) is 4. The van der Waals surface area contributed by atoms with Crippen molar-refractivity contribution in [1.29, 1.82) is 0 Å². The summed E-state index contributed by atoms with van der Waals surface area (Å²) in [6, 6.07) is 16.4. The molecule has 0 saturated carbocycles. The highest BCUT2D eigenvalue weighted by Crippen LogP contribution is 2.22. The summed E-state index contributed by atoms with van der Waals surface area (Å²) in [5, 5.41) is 5.56. The van der Waals surface area contributed by atoms with Gasteiger partial charge in [-0.1, -0.05) is 30.3 Å². The third-order valence-corrected chi connectivity index (χ3v) is 5.23. The Balaban J connectivity index is 1.49. The standard InChI is InChI=1S/C22H20BrN3O3/c1-15-4-2-6-19(20(15)23)21(27)26-18-9-7-16(8-10-18)13-25-22(28)29-14-17-5-3-11-24-12-17/h2-12H,13-14H2,1H3,(H,25,28)(H,26,27). The van der Waals surface area contributed by atoms with Crippen LogP contribution in [0.2, 0.25) is 0 Å². The summed E-state index contributed by atoms with van der Waals surface area (Å²) in [6.45, 7) is 2.42. The van der Waals surface area contributed by atoms with Crippen LogP contribution < -0.4 is 10.6 Å². The summed E-state index contributed by atoms with van der Waals surface area (Å²) in [5.74, 6) is -0.189. The normalized spacial score (nSPS) is 10.3. The van der Waals surface area contributed by atoms with Crippen LogP contribution >= 0.6 is 15.9 Å². The van der Waals surface area contributed by atoms with Crippen LogP contribution in [-0.4, -0.2) is 17.0 Å². The van der Waals surface area contributed by atoms with Gasteiger partial charge >= 0.3 is 6.09 Å². The molecule has 0 aliphatic heterocycles. The molecule has 2 N–H and O–H groups in total. The van der Waals surface area contributed by atoms with Crippen LogP contribution in [0, 0.1) is 6.92 Å². The van der Waals surface area contributed by atoms with E-state index < -0.39 is 6.09 Å². The first-order valence-electron chi connectivity index (χ1n) is 8.98. The van der Waals surface area contributed by atoms with E-state index in [4.69, 9.17) is 4.74 Å². The van der Waals surface area contributed by atoms with E-state index >= 15 is 0 Å². The summed E-state index contributed by atoms with van der Waals surface area (Å²) in [6.07, 6.45) is 2.81. The molecule has 0 aliphatic carbocycles. The predicted molar refractivity (Wildman–Crippen MR) is 115 cm³/mol. The Morgan fingerprint density at radius 1 is 1.03 bits per heavy atom. The molecule has 1 heterocycles. The third kappa shape index (κ3) is 5.89. The first kappa shape index (κ1) is 20.5. The summed E-state index contributed by atoms with van der Waals surface area (Å²) in [4.78, 5) is 28.2. The van der Waals surface area contributed by atoms with Crippen LogP contribution in [0.15, 0.2) is 71.5 Å². The Morgan fingerprint density at radius 2 is 1.83 bits per heavy atom. The highest BCUT2D eigenvalue weighted by Gasteiger charge is 2.11. The SMILES string of the molecule is Cc1cccc(C(=O)Nc2ccc(CNC(=O)OCc3cccnc3)cc2)c1Br. The van der Waals surface area contributed by atoms with Gasteiger partial charge in [-0.15, -0.1) is 0 Å². The zero-order chi connectivity index (χ0) is 20.6. The average Bonchev–Trinajstić information content (AvgIpc) is 2.74. The fraction of sp³-hybridized carbons (Fsp3) is 0.136. The van der Waals surface area contributed by atoms with Crippen molar-refractivity contribution in [3.63, 3.8) is 0 Å². The number of nitrogens with one attached hydrogen (secondary N) is 2. The van der Waals surface area contributed by atoms with Gasteiger partial charge in [0.05, 0.1) is 5.56 Å². The number of ether oxygens (including phenoxy) is 1. The highest BCUT2D eigenvalue weighted by molar-refractivity contribution is 9.10. The molecule has 1 aromatic heterocycles. The lowest BCUT2D eigenvalue weighted by Gasteiger charge is -2.10. The van der Waals surface area contributed by atoms with Gasteiger partial charge in [0.25, 0.3) is 5.91 Å². The van der Waals surface area contributed by atoms with Crippen LogP contribution in [0.4, 0.5) is 10.5 Å². The van der Waals surface area contributed by atoms with Crippen LogP contribution in [0.25, 0.3) is 0 Å². The molecule has 2 aromatic carbocycles. The Morgan fingerprint density at radius 3 is 2.55 bits per heavy atom. The molecule has 0 unspecified atom stereocenters. The molecule has 3 aromatic rings. The van der Waals surface area contributed by atoms with Crippen molar-refractivity contribution in [3.05, 3.63) is 93.7 Å². The molecule has 0 fully saturated rings. The summed E-state index contributed by atoms with van der Waals surface area (Å²) < 4.78 is 5.93. The third-order valence-electron chi connectivity index (χ3n) is 4.18. The van der Waals surface area contributed by atoms with Crippen molar-refractivity contribution in [2.75, 3.05) is 5.32 Å². The number of aryl methyl sites for hydroxylation is 1. The molecule has 7 heteroatoms. The molecule has 0 radical (unpaired) electrons. The van der Waals surface area contributed by atoms with E-state index in [9.17, 15) is 9.59 Å². The van der Waals surface area contributed by atoms with Crippen molar-refractivity contribution in [2.45, 2.75) is 20.1 Å². The molecular formula is C22H20BrN3O3. The number of carbonyl (C=O) groups is 2. The number of benzene rings is 2. The largest absolute Gasteiger partial charge is 0.445 e. The van der Waals surface area contributed by atoms with Gasteiger partial charge in [-0.2, -0.15) is 0 Å². The molecule has 0 saturated heterocycles. The van der Waals surface area contributed by atoms with Crippen molar-refractivity contribution in [2.24, 2.45) is 0 Å². The van der Waals surface area contributed by atoms with E-state index in [1.54, 1.807) is 36.7 Å². The molecule has 148 valence electrons. The van der Waals surface area contributed by atoms with Crippen molar-refractivity contribution in [3.8, 4) is 0 Å². The second-order valence-corrected chi connectivity index (χ2v) is 7.17. The molecule has 0 aliphatic rings. The number of halogens is 1. The number of hydrogen-bond donors (Lipinski definition) is 2. The maximum Gasteiger partial charge on any atom is 0.407 e. The topological polar surface area (TPSA) is 80.3 Å². The van der Waals surface area contributed by atoms with Gasteiger partial charge in [-0.25, -0.2) is 4.79 Å². The number of amides is 2. The van der Waals surface area contributed by atoms with Gasteiger partial charge in [0.2, 0.25) is 0 Å². The Kier molecular flexibility index (Phi) is 6.97. The number of alkyl carbamates (subject to hydrolysis) is 1. The van der Waals surface area contributed by atoms with E-state index in [2.05, 4.69) is 31.5 Å². The van der Waals surface area contributed by atoms with Crippen LogP contribution in [-0.2, 0) is 17.9 Å². The van der Waals surface area contributed by atoms with E-state index in [1.165, 1.54) is 0 Å². The Hall–Kier alpha value is -3.19. The van der Waals surface area contributed by atoms with Gasteiger partial charge in [0, 0.05) is 34.7 Å². The zero-order valence-corrected chi connectivity index (χ0v) is 17.4. The van der Waals surface area contributed by atoms with E-state index in [0.29, 0.717) is 17.8 Å². The number of nitrogens with zero attached hydrogens (tertiary/aromatic N) is 1. The Bertz CT molecular complexity index is 992. The maximum atomic E-state index is 12.5. The lowest BCUT2D eigenvalue weighted by atomic mass is 10.1. The van der Waals surface area contributed by atoms with Gasteiger partial charge in [0.15, 0.2) is 0 Å². The van der Waals surface area contributed by atoms with Crippen LogP contribution in [0.5, 0.6) is 0 Å². The predicted octanol–water partition coefficient (Wildman–Crippen LogP) is 4.83. The summed E-state index contributed by atoms with van der Waals surface area (Å²) in [7, 11) is 0. The minimum atomic E-state index is -0.504. The number of anilines is 1. The number of rotatable bonds is 6. The fourth-order valence-corrected chi connectivity index (χ4v) is 3.03. The summed E-state index contributed by atoms with van der Waals surface area (Å²) in [5.41, 5.74) is 3.95. The number of aromatic nitrogens is 1. The molecular weight excluding hydrogens is 434 g/mol. The summed E-state index contributed by atoms with van der Waals surface area (Å²) >= 11 is 3.45. The van der Waals surface area contributed by atoms with Crippen molar-refractivity contribution < 1.29 is 14.3 Å². The quantitative estimate of drug-likeness (QED) is 0.559. The maximum absolute atomic E-state index is 12.5. The molecule has 2 amide bonds. The van der Waals surface area contributed by atoms with Crippen molar-refractivity contribution in [1.82, 2.24) is 10.3 Å². The van der Waals surface area contributed by atoms with E-state index in [1.807, 2.05) is 37.3 Å². The molecule has 6 nitrogen and oxygen atoms in total. The smallest absolute Gasteiger partial charge is 0.407 e. The monoisotopic (exact) mass is 453 g/mol. The van der Waals surface area contributed by atoms with Gasteiger partial charge < -0.3 is 15.4 Å². The first-order chi connectivity index (χ1) is 14.0. The molecule has 3 rings (SSSR count). The highest BCUT2D eigenvalue weighted by atomic mass is 79.9. The molecule has 0 bridgehead atoms.